The fraction of sp³-hybridized carbons (Fsp3) is 0.733. The van der Waals surface area contributed by atoms with Crippen LogP contribution >= 0.6 is 23.1 Å². The number of rotatable bonds is 9. The van der Waals surface area contributed by atoms with Gasteiger partial charge in [-0.25, -0.2) is 0 Å². The summed E-state index contributed by atoms with van der Waals surface area (Å²) in [5.74, 6) is 1.20. The molecule has 3 unspecified atom stereocenters. The minimum absolute atomic E-state index is 0.407. The highest BCUT2D eigenvalue weighted by Gasteiger charge is 2.24. The first kappa shape index (κ1) is 16.3. The third-order valence-electron chi connectivity index (χ3n) is 3.56. The summed E-state index contributed by atoms with van der Waals surface area (Å²) in [5.41, 5.74) is 0. The summed E-state index contributed by atoms with van der Waals surface area (Å²) in [6.45, 7) is 3.87. The van der Waals surface area contributed by atoms with Crippen LogP contribution in [-0.2, 0) is 11.3 Å². The molecule has 1 aromatic rings. The predicted molar refractivity (Wildman–Crippen MR) is 87.5 cm³/mol. The Morgan fingerprint density at radius 2 is 2.45 bits per heavy atom. The first-order chi connectivity index (χ1) is 9.78. The minimum atomic E-state index is -0.409. The van der Waals surface area contributed by atoms with Gasteiger partial charge in [-0.15, -0.1) is 11.3 Å². The van der Waals surface area contributed by atoms with E-state index in [4.69, 9.17) is 4.74 Å². The lowest BCUT2D eigenvalue weighted by atomic mass is 10.2. The second-order valence-corrected chi connectivity index (χ2v) is 7.85. The van der Waals surface area contributed by atoms with Crippen LogP contribution in [0.3, 0.4) is 0 Å². The van der Waals surface area contributed by atoms with Crippen molar-refractivity contribution < 1.29 is 9.84 Å². The molecule has 3 nitrogen and oxygen atoms in total. The van der Waals surface area contributed by atoms with Crippen molar-refractivity contribution in [2.45, 2.75) is 50.2 Å². The number of aliphatic hydroxyl groups is 1. The van der Waals surface area contributed by atoms with E-state index >= 15 is 0 Å². The Morgan fingerprint density at radius 1 is 1.55 bits per heavy atom. The van der Waals surface area contributed by atoms with Crippen molar-refractivity contribution in [3.63, 3.8) is 0 Å². The van der Waals surface area contributed by atoms with Gasteiger partial charge in [0, 0.05) is 22.7 Å². The lowest BCUT2D eigenvalue weighted by Gasteiger charge is -2.16. The summed E-state index contributed by atoms with van der Waals surface area (Å²) in [5, 5.41) is 16.2. The average Bonchev–Trinajstić information content (AvgIpc) is 3.08. The number of hydrogen-bond acceptors (Lipinski definition) is 5. The van der Waals surface area contributed by atoms with Crippen LogP contribution in [-0.4, -0.2) is 41.4 Å². The molecule has 1 aromatic heterocycles. The number of hydrogen-bond donors (Lipinski definition) is 2. The molecular weight excluding hydrogens is 290 g/mol. The van der Waals surface area contributed by atoms with Crippen molar-refractivity contribution in [1.82, 2.24) is 5.32 Å². The largest absolute Gasteiger partial charge is 0.389 e. The number of nitrogens with one attached hydrogen (secondary N) is 1. The summed E-state index contributed by atoms with van der Waals surface area (Å²) >= 11 is 3.75. The Morgan fingerprint density at radius 3 is 3.20 bits per heavy atom. The molecule has 0 aliphatic heterocycles. The Balaban J connectivity index is 1.53. The van der Waals surface area contributed by atoms with Crippen LogP contribution in [0.2, 0.25) is 0 Å². The van der Waals surface area contributed by atoms with Crippen molar-refractivity contribution in [3.05, 3.63) is 22.4 Å². The van der Waals surface area contributed by atoms with E-state index in [0.717, 1.165) is 5.25 Å². The third kappa shape index (κ3) is 5.74. The van der Waals surface area contributed by atoms with Crippen molar-refractivity contribution in [1.29, 1.82) is 0 Å². The van der Waals surface area contributed by atoms with E-state index in [1.165, 1.54) is 29.9 Å². The second-order valence-electron chi connectivity index (χ2n) is 5.24. The van der Waals surface area contributed by atoms with Gasteiger partial charge in [-0.3, -0.25) is 0 Å². The Hall–Kier alpha value is -0.0700. The maximum atomic E-state index is 9.92. The van der Waals surface area contributed by atoms with E-state index in [2.05, 4.69) is 30.1 Å². The van der Waals surface area contributed by atoms with Crippen LogP contribution in [0.25, 0.3) is 0 Å². The molecule has 5 heteroatoms. The molecule has 1 aliphatic carbocycles. The quantitative estimate of drug-likeness (QED) is 0.735. The highest BCUT2D eigenvalue weighted by Crippen LogP contribution is 2.29. The molecule has 1 heterocycles. The molecule has 2 rings (SSSR count). The molecule has 20 heavy (non-hydrogen) atoms. The molecule has 114 valence electrons. The number of thioether (sulfide) groups is 1. The first-order valence-electron chi connectivity index (χ1n) is 7.41. The summed E-state index contributed by atoms with van der Waals surface area (Å²) in [6, 6.07) is 4.65. The first-order valence-corrected chi connectivity index (χ1v) is 9.34. The van der Waals surface area contributed by atoms with Crippen LogP contribution in [0.15, 0.2) is 17.5 Å². The highest BCUT2D eigenvalue weighted by atomic mass is 32.2. The molecule has 2 N–H and O–H groups in total. The second kappa shape index (κ2) is 9.05. The molecule has 3 atom stereocenters. The zero-order valence-corrected chi connectivity index (χ0v) is 13.7. The van der Waals surface area contributed by atoms with E-state index in [1.807, 2.05) is 11.4 Å². The summed E-state index contributed by atoms with van der Waals surface area (Å²) in [4.78, 5) is 1.21. The van der Waals surface area contributed by atoms with Crippen molar-refractivity contribution in [3.8, 4) is 0 Å². The maximum Gasteiger partial charge on any atom is 0.0897 e. The van der Waals surface area contributed by atoms with Gasteiger partial charge in [0.25, 0.3) is 0 Å². The standard InChI is InChI=1S/C15H25NO2S2/c1-2-19-14-6-5-12(8-14)16-9-13(17)10-18-11-15-4-3-7-20-15/h3-4,7,12-14,16-17H,2,5-6,8-11H2,1H3. The fourth-order valence-corrected chi connectivity index (χ4v) is 4.35. The number of thiophene rings is 1. The molecule has 1 aliphatic rings. The van der Waals surface area contributed by atoms with Crippen LogP contribution in [0.5, 0.6) is 0 Å². The van der Waals surface area contributed by atoms with Gasteiger partial charge in [-0.1, -0.05) is 13.0 Å². The van der Waals surface area contributed by atoms with E-state index in [0.29, 0.717) is 25.8 Å². The van der Waals surface area contributed by atoms with Crippen LogP contribution in [0.1, 0.15) is 31.1 Å². The molecule has 0 amide bonds. The Labute approximate surface area is 130 Å². The monoisotopic (exact) mass is 315 g/mol. The third-order valence-corrected chi connectivity index (χ3v) is 5.65. The molecule has 1 fully saturated rings. The van der Waals surface area contributed by atoms with Crippen LogP contribution in [0.4, 0.5) is 0 Å². The number of ether oxygens (including phenoxy) is 1. The van der Waals surface area contributed by atoms with Gasteiger partial charge in [-0.2, -0.15) is 11.8 Å². The van der Waals surface area contributed by atoms with Gasteiger partial charge in [0.05, 0.1) is 19.3 Å². The zero-order valence-electron chi connectivity index (χ0n) is 12.1. The molecule has 0 spiro atoms. The van der Waals surface area contributed by atoms with E-state index in [1.54, 1.807) is 11.3 Å². The van der Waals surface area contributed by atoms with Gasteiger partial charge >= 0.3 is 0 Å². The highest BCUT2D eigenvalue weighted by molar-refractivity contribution is 7.99. The van der Waals surface area contributed by atoms with E-state index < -0.39 is 6.10 Å². The van der Waals surface area contributed by atoms with Gasteiger partial charge in [0.15, 0.2) is 0 Å². The Bertz CT molecular complexity index is 359. The molecular formula is C15H25NO2S2. The van der Waals surface area contributed by atoms with Crippen molar-refractivity contribution >= 4 is 23.1 Å². The molecule has 0 bridgehead atoms. The molecule has 1 saturated carbocycles. The normalized spacial score (nSPS) is 24.1. The predicted octanol–water partition coefficient (Wildman–Crippen LogP) is 2.89. The number of aliphatic hydroxyl groups excluding tert-OH is 1. The smallest absolute Gasteiger partial charge is 0.0897 e. The van der Waals surface area contributed by atoms with Gasteiger partial charge in [0.1, 0.15) is 0 Å². The molecule has 0 saturated heterocycles. The van der Waals surface area contributed by atoms with Gasteiger partial charge < -0.3 is 15.2 Å². The van der Waals surface area contributed by atoms with Crippen molar-refractivity contribution in [2.75, 3.05) is 18.9 Å². The molecule has 0 aromatic carbocycles. The Kier molecular flexibility index (Phi) is 7.38. The lowest BCUT2D eigenvalue weighted by molar-refractivity contribution is 0.0287. The maximum absolute atomic E-state index is 9.92. The minimum Gasteiger partial charge on any atom is -0.389 e. The topological polar surface area (TPSA) is 41.5 Å². The van der Waals surface area contributed by atoms with Crippen molar-refractivity contribution in [2.24, 2.45) is 0 Å². The summed E-state index contributed by atoms with van der Waals surface area (Å²) in [6.07, 6.45) is 3.37. The average molecular weight is 316 g/mol. The fourth-order valence-electron chi connectivity index (χ4n) is 2.56. The molecule has 0 radical (unpaired) electrons. The lowest BCUT2D eigenvalue weighted by Crippen LogP contribution is -2.36. The van der Waals surface area contributed by atoms with E-state index in [-0.39, 0.29) is 0 Å². The van der Waals surface area contributed by atoms with Crippen LogP contribution in [0, 0.1) is 0 Å². The van der Waals surface area contributed by atoms with Gasteiger partial charge in [0.2, 0.25) is 0 Å². The zero-order chi connectivity index (χ0) is 14.2. The summed E-state index contributed by atoms with van der Waals surface area (Å²) < 4.78 is 5.53. The summed E-state index contributed by atoms with van der Waals surface area (Å²) in [7, 11) is 0. The van der Waals surface area contributed by atoms with Gasteiger partial charge in [-0.05, 0) is 36.5 Å². The SMILES string of the molecule is CCSC1CCC(NCC(O)COCc2cccs2)C1. The van der Waals surface area contributed by atoms with Crippen LogP contribution < -0.4 is 5.32 Å². The van der Waals surface area contributed by atoms with E-state index in [9.17, 15) is 5.11 Å².